The average Bonchev–Trinajstić information content (AvgIpc) is 3.27. The number of urea groups is 1. The fourth-order valence-corrected chi connectivity index (χ4v) is 3.23. The Bertz CT molecular complexity index is 602. The van der Waals surface area contributed by atoms with Crippen LogP contribution in [-0.4, -0.2) is 77.4 Å². The van der Waals surface area contributed by atoms with Gasteiger partial charge in [-0.15, -0.1) is 0 Å². The third-order valence-electron chi connectivity index (χ3n) is 4.72. The molecule has 24 heavy (non-hydrogen) atoms. The number of amides is 3. The Morgan fingerprint density at radius 1 is 1.50 bits per heavy atom. The van der Waals surface area contributed by atoms with Crippen molar-refractivity contribution in [1.82, 2.24) is 25.0 Å². The number of hydrogen-bond donors (Lipinski definition) is 1. The van der Waals surface area contributed by atoms with Crippen molar-refractivity contribution < 1.29 is 14.0 Å². The van der Waals surface area contributed by atoms with E-state index in [1.165, 1.54) is 4.90 Å². The van der Waals surface area contributed by atoms with Gasteiger partial charge in [-0.05, 0) is 13.5 Å². The molecule has 132 valence electrons. The van der Waals surface area contributed by atoms with Crippen LogP contribution in [0.2, 0.25) is 0 Å². The Labute approximate surface area is 141 Å². The van der Waals surface area contributed by atoms with E-state index in [9.17, 15) is 9.59 Å². The minimum Gasteiger partial charge on any atom is -0.444 e. The van der Waals surface area contributed by atoms with Gasteiger partial charge in [0.15, 0.2) is 0 Å². The number of imide groups is 1. The highest BCUT2D eigenvalue weighted by atomic mass is 16.4. The van der Waals surface area contributed by atoms with Gasteiger partial charge in [-0.25, -0.2) is 9.78 Å². The third kappa shape index (κ3) is 3.76. The SMILES string of the molecule is CCc1cnc(CN(C)[C@@H]2CCN(CC(=O)N3CCNC3=O)C2)o1. The molecule has 2 aliphatic rings. The molecule has 0 radical (unpaired) electrons. The molecule has 1 N–H and O–H groups in total. The first kappa shape index (κ1) is 16.9. The largest absolute Gasteiger partial charge is 0.444 e. The number of likely N-dealkylation sites (N-methyl/N-ethyl adjacent to an activating group) is 1. The van der Waals surface area contributed by atoms with Crippen molar-refractivity contribution in [3.63, 3.8) is 0 Å². The molecule has 0 bridgehead atoms. The Balaban J connectivity index is 1.47. The van der Waals surface area contributed by atoms with Crippen molar-refractivity contribution in [1.29, 1.82) is 0 Å². The minimum atomic E-state index is -0.275. The molecule has 3 rings (SSSR count). The first-order valence-corrected chi connectivity index (χ1v) is 8.51. The van der Waals surface area contributed by atoms with Crippen LogP contribution >= 0.6 is 0 Å². The van der Waals surface area contributed by atoms with E-state index in [1.54, 1.807) is 6.20 Å². The lowest BCUT2D eigenvalue weighted by atomic mass is 10.2. The minimum absolute atomic E-state index is 0.117. The zero-order valence-electron chi connectivity index (χ0n) is 14.3. The lowest BCUT2D eigenvalue weighted by Gasteiger charge is -2.23. The number of rotatable bonds is 6. The summed E-state index contributed by atoms with van der Waals surface area (Å²) in [5, 5.41) is 2.66. The molecular formula is C16H25N5O3. The summed E-state index contributed by atoms with van der Waals surface area (Å²) in [7, 11) is 2.06. The van der Waals surface area contributed by atoms with Gasteiger partial charge in [0.2, 0.25) is 11.8 Å². The van der Waals surface area contributed by atoms with E-state index in [-0.39, 0.29) is 11.9 Å². The molecule has 1 atom stereocenters. The van der Waals surface area contributed by atoms with Crippen molar-refractivity contribution in [2.24, 2.45) is 0 Å². The molecular weight excluding hydrogens is 310 g/mol. The van der Waals surface area contributed by atoms with Crippen LogP contribution in [0.15, 0.2) is 10.6 Å². The number of nitrogens with zero attached hydrogens (tertiary/aromatic N) is 4. The fourth-order valence-electron chi connectivity index (χ4n) is 3.23. The molecule has 3 heterocycles. The number of hydrogen-bond acceptors (Lipinski definition) is 6. The van der Waals surface area contributed by atoms with Crippen LogP contribution in [-0.2, 0) is 17.8 Å². The van der Waals surface area contributed by atoms with Gasteiger partial charge in [0.25, 0.3) is 0 Å². The molecule has 8 heteroatoms. The highest BCUT2D eigenvalue weighted by molar-refractivity contribution is 5.96. The van der Waals surface area contributed by atoms with E-state index in [1.807, 2.05) is 6.92 Å². The van der Waals surface area contributed by atoms with Crippen molar-refractivity contribution in [3.8, 4) is 0 Å². The fraction of sp³-hybridized carbons (Fsp3) is 0.688. The number of nitrogens with one attached hydrogen (secondary N) is 1. The van der Waals surface area contributed by atoms with Crippen molar-refractivity contribution in [2.45, 2.75) is 32.4 Å². The summed E-state index contributed by atoms with van der Waals surface area (Å²) in [6.07, 6.45) is 3.63. The van der Waals surface area contributed by atoms with E-state index in [2.05, 4.69) is 27.1 Å². The summed E-state index contributed by atoms with van der Waals surface area (Å²) in [6, 6.07) is 0.0886. The summed E-state index contributed by atoms with van der Waals surface area (Å²) in [5.41, 5.74) is 0. The third-order valence-corrected chi connectivity index (χ3v) is 4.72. The second-order valence-corrected chi connectivity index (χ2v) is 6.44. The second kappa shape index (κ2) is 7.31. The zero-order chi connectivity index (χ0) is 17.1. The van der Waals surface area contributed by atoms with Crippen molar-refractivity contribution >= 4 is 11.9 Å². The molecule has 0 aliphatic carbocycles. The lowest BCUT2D eigenvalue weighted by Crippen LogP contribution is -2.42. The summed E-state index contributed by atoms with van der Waals surface area (Å²) in [5.74, 6) is 1.52. The van der Waals surface area contributed by atoms with Crippen LogP contribution in [0.4, 0.5) is 4.79 Å². The van der Waals surface area contributed by atoms with E-state index in [0.717, 1.165) is 37.6 Å². The van der Waals surface area contributed by atoms with Gasteiger partial charge < -0.3 is 9.73 Å². The van der Waals surface area contributed by atoms with Crippen molar-refractivity contribution in [2.75, 3.05) is 39.8 Å². The number of carbonyl (C=O) groups excluding carboxylic acids is 2. The van der Waals surface area contributed by atoms with E-state index < -0.39 is 0 Å². The van der Waals surface area contributed by atoms with Gasteiger partial charge in [0.1, 0.15) is 5.76 Å². The number of carbonyl (C=O) groups is 2. The Kier molecular flexibility index (Phi) is 5.15. The Morgan fingerprint density at radius 2 is 2.33 bits per heavy atom. The van der Waals surface area contributed by atoms with Crippen LogP contribution in [0.3, 0.4) is 0 Å². The average molecular weight is 335 g/mol. The topological polar surface area (TPSA) is 81.9 Å². The number of oxazole rings is 1. The van der Waals surface area contributed by atoms with Crippen LogP contribution in [0.5, 0.6) is 0 Å². The summed E-state index contributed by atoms with van der Waals surface area (Å²) < 4.78 is 5.66. The Morgan fingerprint density at radius 3 is 3.00 bits per heavy atom. The second-order valence-electron chi connectivity index (χ2n) is 6.44. The molecule has 3 amide bonds. The molecule has 8 nitrogen and oxygen atoms in total. The van der Waals surface area contributed by atoms with Crippen LogP contribution < -0.4 is 5.32 Å². The Hall–Kier alpha value is -1.93. The lowest BCUT2D eigenvalue weighted by molar-refractivity contribution is -0.128. The van der Waals surface area contributed by atoms with Gasteiger partial charge >= 0.3 is 6.03 Å². The van der Waals surface area contributed by atoms with E-state index in [0.29, 0.717) is 32.2 Å². The van der Waals surface area contributed by atoms with Gasteiger partial charge in [-0.3, -0.25) is 19.5 Å². The molecule has 2 aliphatic heterocycles. The predicted octanol–water partition coefficient (Wildman–Crippen LogP) is 0.295. The zero-order valence-corrected chi connectivity index (χ0v) is 14.3. The highest BCUT2D eigenvalue weighted by Crippen LogP contribution is 2.17. The molecule has 1 aromatic rings. The quantitative estimate of drug-likeness (QED) is 0.805. The van der Waals surface area contributed by atoms with Gasteiger partial charge in [0.05, 0.1) is 19.3 Å². The maximum absolute atomic E-state index is 12.2. The van der Waals surface area contributed by atoms with Crippen LogP contribution in [0, 0.1) is 0 Å². The van der Waals surface area contributed by atoms with Crippen molar-refractivity contribution in [3.05, 3.63) is 17.8 Å². The summed E-state index contributed by atoms with van der Waals surface area (Å²) >= 11 is 0. The smallest absolute Gasteiger partial charge is 0.324 e. The van der Waals surface area contributed by atoms with Crippen LogP contribution in [0.1, 0.15) is 25.0 Å². The van der Waals surface area contributed by atoms with Gasteiger partial charge in [0, 0.05) is 38.6 Å². The molecule has 0 saturated carbocycles. The first-order chi connectivity index (χ1) is 11.6. The van der Waals surface area contributed by atoms with Gasteiger partial charge in [-0.2, -0.15) is 0 Å². The van der Waals surface area contributed by atoms with E-state index in [4.69, 9.17) is 4.42 Å². The number of aromatic nitrogens is 1. The molecule has 2 fully saturated rings. The normalized spacial score (nSPS) is 21.7. The van der Waals surface area contributed by atoms with E-state index >= 15 is 0 Å². The molecule has 0 aromatic carbocycles. The standard InChI is InChI=1S/C16H25N5O3/c1-3-13-8-18-14(24-13)10-19(2)12-4-6-20(9-12)11-15(22)21-7-5-17-16(21)23/h8,12H,3-7,9-11H2,1-2H3,(H,17,23)/t12-/m1/s1. The number of likely N-dealkylation sites (tertiary alicyclic amines) is 1. The maximum Gasteiger partial charge on any atom is 0.324 e. The van der Waals surface area contributed by atoms with Gasteiger partial charge in [-0.1, -0.05) is 6.92 Å². The predicted molar refractivity (Wildman–Crippen MR) is 87.3 cm³/mol. The van der Waals surface area contributed by atoms with Crippen LogP contribution in [0.25, 0.3) is 0 Å². The highest BCUT2D eigenvalue weighted by Gasteiger charge is 2.31. The monoisotopic (exact) mass is 335 g/mol. The number of aryl methyl sites for hydroxylation is 1. The molecule has 0 spiro atoms. The molecule has 1 aromatic heterocycles. The summed E-state index contributed by atoms with van der Waals surface area (Å²) in [4.78, 5) is 33.7. The summed E-state index contributed by atoms with van der Waals surface area (Å²) in [6.45, 7) is 5.71. The first-order valence-electron chi connectivity index (χ1n) is 8.51. The molecule has 2 saturated heterocycles. The maximum atomic E-state index is 12.2. The molecule has 0 unspecified atom stereocenters.